The van der Waals surface area contributed by atoms with E-state index in [0.29, 0.717) is 23.5 Å². The molecule has 7 heteroatoms. The number of carbonyl (C=O) groups is 1. The van der Waals surface area contributed by atoms with E-state index in [9.17, 15) is 10.1 Å². The molecule has 0 aliphatic carbocycles. The molecule has 0 bridgehead atoms. The van der Waals surface area contributed by atoms with Crippen molar-refractivity contribution in [2.45, 2.75) is 26.2 Å². The van der Waals surface area contributed by atoms with Gasteiger partial charge in [-0.3, -0.25) is 0 Å². The van der Waals surface area contributed by atoms with Crippen LogP contribution >= 0.6 is 0 Å². The summed E-state index contributed by atoms with van der Waals surface area (Å²) in [7, 11) is 1.49. The van der Waals surface area contributed by atoms with Crippen LogP contribution in [0, 0.1) is 23.7 Å². The van der Waals surface area contributed by atoms with Gasteiger partial charge >= 0.3 is 5.97 Å². The van der Waals surface area contributed by atoms with Crippen molar-refractivity contribution in [3.8, 4) is 29.9 Å². The number of methoxy groups -OCH3 is 1. The van der Waals surface area contributed by atoms with Crippen molar-refractivity contribution < 1.29 is 23.7 Å². The van der Waals surface area contributed by atoms with Gasteiger partial charge in [0, 0.05) is 5.56 Å². The molecule has 1 unspecified atom stereocenters. The molecule has 0 aromatic heterocycles. The maximum Gasteiger partial charge on any atom is 0.338 e. The van der Waals surface area contributed by atoms with E-state index in [4.69, 9.17) is 31.1 Å². The summed E-state index contributed by atoms with van der Waals surface area (Å²) >= 11 is 0. The van der Waals surface area contributed by atoms with Crippen LogP contribution in [-0.4, -0.2) is 26.3 Å². The van der Waals surface area contributed by atoms with E-state index in [1.807, 2.05) is 6.07 Å². The van der Waals surface area contributed by atoms with Gasteiger partial charge < -0.3 is 24.7 Å². The summed E-state index contributed by atoms with van der Waals surface area (Å²) in [6.07, 6.45) is 7.47. The second-order valence-electron chi connectivity index (χ2n) is 6.31. The predicted molar refractivity (Wildman–Crippen MR) is 111 cm³/mol. The molecule has 7 nitrogen and oxygen atoms in total. The van der Waals surface area contributed by atoms with Gasteiger partial charge in [0.2, 0.25) is 5.88 Å². The topological polar surface area (TPSA) is 104 Å². The molecule has 0 spiro atoms. The Labute approximate surface area is 176 Å². The molecule has 2 N–H and O–H groups in total. The van der Waals surface area contributed by atoms with E-state index in [1.54, 1.807) is 26.0 Å². The lowest BCUT2D eigenvalue weighted by atomic mass is 9.82. The third kappa shape index (κ3) is 4.42. The number of nitrogens with zero attached hydrogens (tertiary/aromatic N) is 1. The first kappa shape index (κ1) is 22.4. The number of ether oxygens (including phenoxy) is 4. The molecule has 2 rings (SSSR count). The summed E-state index contributed by atoms with van der Waals surface area (Å²) in [4.78, 5) is 12.7. The van der Waals surface area contributed by atoms with Crippen LogP contribution in [0.25, 0.3) is 0 Å². The monoisotopic (exact) mass is 408 g/mol. The number of hydrogen-bond acceptors (Lipinski definition) is 7. The third-order valence-electron chi connectivity index (χ3n) is 4.47. The van der Waals surface area contributed by atoms with Gasteiger partial charge in [-0.05, 0) is 31.9 Å². The Morgan fingerprint density at radius 3 is 2.77 bits per heavy atom. The first-order chi connectivity index (χ1) is 14.4. The molecular weight excluding hydrogens is 384 g/mol. The number of nitriles is 1. The van der Waals surface area contributed by atoms with Crippen LogP contribution in [0.1, 0.15) is 30.9 Å². The van der Waals surface area contributed by atoms with Crippen LogP contribution in [0.5, 0.6) is 11.5 Å². The Balaban J connectivity index is 2.75. The van der Waals surface area contributed by atoms with Crippen LogP contribution in [0.15, 0.2) is 47.6 Å². The third-order valence-corrected chi connectivity index (χ3v) is 4.47. The van der Waals surface area contributed by atoms with Crippen molar-refractivity contribution in [3.63, 3.8) is 0 Å². The largest absolute Gasteiger partial charge is 0.493 e. The van der Waals surface area contributed by atoms with Crippen LogP contribution in [0.3, 0.4) is 0 Å². The quantitative estimate of drug-likeness (QED) is 0.400. The summed E-state index contributed by atoms with van der Waals surface area (Å²) in [6, 6.07) is 5.55. The average molecular weight is 408 g/mol. The second-order valence-corrected chi connectivity index (χ2v) is 6.31. The molecule has 1 aliphatic rings. The van der Waals surface area contributed by atoms with Crippen LogP contribution in [0.4, 0.5) is 0 Å². The summed E-state index contributed by atoms with van der Waals surface area (Å²) in [5, 5.41) is 9.74. The number of nitrogens with two attached hydrogens (primary N) is 1. The molecule has 30 heavy (non-hydrogen) atoms. The fourth-order valence-electron chi connectivity index (χ4n) is 3.27. The fourth-order valence-corrected chi connectivity index (χ4v) is 3.27. The minimum atomic E-state index is -0.790. The van der Waals surface area contributed by atoms with Gasteiger partial charge in [-0.15, -0.1) is 13.0 Å². The molecule has 1 aliphatic heterocycles. The van der Waals surface area contributed by atoms with Gasteiger partial charge in [0.1, 0.15) is 24.0 Å². The van der Waals surface area contributed by atoms with Gasteiger partial charge in [0.15, 0.2) is 11.5 Å². The Bertz CT molecular complexity index is 992. The van der Waals surface area contributed by atoms with Crippen molar-refractivity contribution in [2.75, 3.05) is 20.3 Å². The van der Waals surface area contributed by atoms with Gasteiger partial charge in [0.25, 0.3) is 0 Å². The molecular formula is C23H24N2O5. The SMILES string of the molecule is C#CCOc1c(CC=C)cc(C2C(C#N)=C(N)OC(C)=C2C(=O)OCC)cc1OC. The van der Waals surface area contributed by atoms with Crippen LogP contribution in [0.2, 0.25) is 0 Å². The molecule has 0 radical (unpaired) electrons. The minimum Gasteiger partial charge on any atom is -0.493 e. The van der Waals surface area contributed by atoms with E-state index in [-0.39, 0.29) is 36.0 Å². The minimum absolute atomic E-state index is 0.0561. The number of esters is 1. The highest BCUT2D eigenvalue weighted by atomic mass is 16.5. The molecule has 1 atom stereocenters. The maximum absolute atomic E-state index is 12.7. The summed E-state index contributed by atoms with van der Waals surface area (Å²) < 4.78 is 21.8. The Morgan fingerprint density at radius 2 is 2.20 bits per heavy atom. The second kappa shape index (κ2) is 10.1. The van der Waals surface area contributed by atoms with Crippen LogP contribution in [-0.2, 0) is 20.7 Å². The smallest absolute Gasteiger partial charge is 0.338 e. The lowest BCUT2D eigenvalue weighted by Crippen LogP contribution is -2.25. The van der Waals surface area contributed by atoms with Crippen LogP contribution < -0.4 is 15.2 Å². The number of allylic oxidation sites excluding steroid dienone is 3. The number of rotatable bonds is 8. The van der Waals surface area contributed by atoms with Gasteiger partial charge in [0.05, 0.1) is 25.2 Å². The molecule has 0 saturated carbocycles. The predicted octanol–water partition coefficient (Wildman–Crippen LogP) is 3.08. The Hall–Kier alpha value is -3.84. The van der Waals surface area contributed by atoms with Crippen molar-refractivity contribution in [3.05, 3.63) is 58.7 Å². The number of benzene rings is 1. The lowest BCUT2D eigenvalue weighted by molar-refractivity contribution is -0.139. The van der Waals surface area contributed by atoms with Gasteiger partial charge in [-0.25, -0.2) is 4.79 Å². The number of carbonyl (C=O) groups excluding carboxylic acids is 1. The van der Waals surface area contributed by atoms with E-state index < -0.39 is 11.9 Å². The first-order valence-corrected chi connectivity index (χ1v) is 9.26. The zero-order chi connectivity index (χ0) is 22.3. The van der Waals surface area contributed by atoms with Crippen molar-refractivity contribution in [2.24, 2.45) is 5.73 Å². The molecule has 156 valence electrons. The highest BCUT2D eigenvalue weighted by molar-refractivity contribution is 5.92. The zero-order valence-corrected chi connectivity index (χ0v) is 17.3. The first-order valence-electron chi connectivity index (χ1n) is 9.26. The molecule has 0 saturated heterocycles. The fraction of sp³-hybridized carbons (Fsp3) is 0.304. The Kier molecular flexibility index (Phi) is 7.55. The maximum atomic E-state index is 12.7. The van der Waals surface area contributed by atoms with Crippen molar-refractivity contribution in [1.82, 2.24) is 0 Å². The lowest BCUT2D eigenvalue weighted by Gasteiger charge is -2.28. The molecule has 1 aromatic rings. The van der Waals surface area contributed by atoms with Crippen molar-refractivity contribution >= 4 is 5.97 Å². The molecule has 1 heterocycles. The highest BCUT2D eigenvalue weighted by Crippen LogP contribution is 2.43. The number of terminal acetylenes is 1. The average Bonchev–Trinajstić information content (AvgIpc) is 2.72. The highest BCUT2D eigenvalue weighted by Gasteiger charge is 2.37. The molecule has 0 amide bonds. The zero-order valence-electron chi connectivity index (χ0n) is 17.3. The number of hydrogen-bond donors (Lipinski definition) is 1. The molecule has 0 fully saturated rings. The van der Waals surface area contributed by atoms with E-state index in [1.165, 1.54) is 7.11 Å². The standard InChI is InChI=1S/C23H24N2O5/c1-6-9-15-11-16(12-18(27-5)21(15)29-10-7-2)20-17(13-24)22(25)30-14(4)19(20)23(26)28-8-3/h2,6,11-12,20H,1,8-10,25H2,3-5H3. The normalized spacial score (nSPS) is 15.6. The molecule has 1 aromatic carbocycles. The Morgan fingerprint density at radius 1 is 1.47 bits per heavy atom. The van der Waals surface area contributed by atoms with E-state index in [2.05, 4.69) is 18.6 Å². The van der Waals surface area contributed by atoms with Crippen molar-refractivity contribution in [1.29, 1.82) is 5.26 Å². The van der Waals surface area contributed by atoms with Gasteiger partial charge in [-0.1, -0.05) is 18.1 Å². The summed E-state index contributed by atoms with van der Waals surface area (Å²) in [5.41, 5.74) is 7.60. The van der Waals surface area contributed by atoms with E-state index in [0.717, 1.165) is 5.56 Å². The van der Waals surface area contributed by atoms with E-state index >= 15 is 0 Å². The summed E-state index contributed by atoms with van der Waals surface area (Å²) in [5.74, 6) is 2.13. The summed E-state index contributed by atoms with van der Waals surface area (Å²) in [6.45, 7) is 7.31. The van der Waals surface area contributed by atoms with Gasteiger partial charge in [-0.2, -0.15) is 5.26 Å².